The lowest BCUT2D eigenvalue weighted by atomic mass is 9.89. The summed E-state index contributed by atoms with van der Waals surface area (Å²) in [6.07, 6.45) is -1.08. The van der Waals surface area contributed by atoms with Crippen LogP contribution in [0.3, 0.4) is 0 Å². The lowest BCUT2D eigenvalue weighted by Gasteiger charge is -2.38. The second kappa shape index (κ2) is 10.7. The number of ether oxygens (including phenoxy) is 4. The number of hydrogen-bond donors (Lipinski definition) is 0. The Morgan fingerprint density at radius 2 is 1.77 bits per heavy atom. The summed E-state index contributed by atoms with van der Waals surface area (Å²) in [5.74, 6) is -3.19. The van der Waals surface area contributed by atoms with Crippen LogP contribution >= 0.6 is 0 Å². The number of fused-ring (bicyclic) bond motifs is 1. The Morgan fingerprint density at radius 1 is 1.06 bits per heavy atom. The van der Waals surface area contributed by atoms with Crippen molar-refractivity contribution in [3.63, 3.8) is 0 Å². The fraction of sp³-hybridized carbons (Fsp3) is 0.571. The van der Waals surface area contributed by atoms with Crippen molar-refractivity contribution in [1.29, 1.82) is 0 Å². The Hall–Kier alpha value is -2.53. The van der Waals surface area contributed by atoms with Crippen molar-refractivity contribution in [1.82, 2.24) is 5.23 Å². The first-order valence-corrected chi connectivity index (χ1v) is 10.2. The van der Waals surface area contributed by atoms with Gasteiger partial charge in [-0.05, 0) is 18.6 Å². The molecule has 2 aliphatic rings. The number of rotatable bonds is 8. The van der Waals surface area contributed by atoms with Crippen LogP contribution in [-0.4, -0.2) is 68.5 Å². The van der Waals surface area contributed by atoms with E-state index >= 15 is 0 Å². The molecule has 0 aliphatic carbocycles. The number of methoxy groups -OCH3 is 2. The minimum Gasteiger partial charge on any atom is -0.469 e. The maximum absolute atomic E-state index is 12.7. The smallest absolute Gasteiger partial charge is 0.338 e. The summed E-state index contributed by atoms with van der Waals surface area (Å²) in [7, 11) is 2.38. The molecule has 10 nitrogen and oxygen atoms in total. The molecule has 1 aromatic carbocycles. The Balaban J connectivity index is 1.86. The molecule has 31 heavy (non-hydrogen) atoms. The molecule has 0 amide bonds. The molecular formula is C21H27NO9. The van der Waals surface area contributed by atoms with Crippen LogP contribution in [0.4, 0.5) is 0 Å². The van der Waals surface area contributed by atoms with Gasteiger partial charge in [-0.1, -0.05) is 36.8 Å². The predicted molar refractivity (Wildman–Crippen MR) is 104 cm³/mol. The van der Waals surface area contributed by atoms with Gasteiger partial charge in [0, 0.05) is 13.0 Å². The van der Waals surface area contributed by atoms with Crippen LogP contribution in [0.15, 0.2) is 30.3 Å². The third kappa shape index (κ3) is 5.21. The Labute approximate surface area is 180 Å². The molecule has 0 spiro atoms. The van der Waals surface area contributed by atoms with E-state index in [2.05, 4.69) is 0 Å². The first-order valence-electron chi connectivity index (χ1n) is 10.2. The van der Waals surface area contributed by atoms with Gasteiger partial charge in [-0.15, -0.1) is 0 Å². The lowest BCUT2D eigenvalue weighted by Crippen LogP contribution is -2.54. The van der Waals surface area contributed by atoms with Crippen LogP contribution in [-0.2, 0) is 38.2 Å². The number of esters is 3. The zero-order chi connectivity index (χ0) is 22.4. The molecule has 170 valence electrons. The molecule has 3 rings (SSSR count). The van der Waals surface area contributed by atoms with Gasteiger partial charge >= 0.3 is 17.9 Å². The van der Waals surface area contributed by atoms with E-state index in [4.69, 9.17) is 28.6 Å². The van der Waals surface area contributed by atoms with Crippen LogP contribution in [0.25, 0.3) is 0 Å². The molecule has 0 radical (unpaired) electrons. The maximum Gasteiger partial charge on any atom is 0.338 e. The van der Waals surface area contributed by atoms with Crippen molar-refractivity contribution in [2.45, 2.75) is 50.7 Å². The van der Waals surface area contributed by atoms with Gasteiger partial charge in [0.2, 0.25) is 0 Å². The third-order valence-electron chi connectivity index (χ3n) is 5.16. The highest BCUT2D eigenvalue weighted by atomic mass is 17.0. The minimum atomic E-state index is -1.31. The number of benzene rings is 1. The molecule has 0 aromatic heterocycles. The molecule has 0 saturated carbocycles. The average molecular weight is 437 g/mol. The summed E-state index contributed by atoms with van der Waals surface area (Å²) < 4.78 is 21.1. The van der Waals surface area contributed by atoms with E-state index in [1.54, 1.807) is 30.3 Å². The number of unbranched alkanes of at least 4 members (excludes halogenated alkanes) is 1. The Kier molecular flexibility index (Phi) is 7.97. The number of carbonyl (C=O) groups excluding carboxylic acids is 3. The number of hydroxylamine groups is 2. The summed E-state index contributed by atoms with van der Waals surface area (Å²) in [6, 6.07) is 7.53. The first-order chi connectivity index (χ1) is 15.0. The van der Waals surface area contributed by atoms with E-state index in [9.17, 15) is 14.4 Å². The van der Waals surface area contributed by atoms with Gasteiger partial charge in [-0.25, -0.2) is 14.4 Å². The summed E-state index contributed by atoms with van der Waals surface area (Å²) in [5.41, 5.74) is 0.349. The summed E-state index contributed by atoms with van der Waals surface area (Å²) in [6.45, 7) is 2.46. The van der Waals surface area contributed by atoms with Crippen molar-refractivity contribution in [3.05, 3.63) is 35.9 Å². The molecule has 10 heteroatoms. The summed E-state index contributed by atoms with van der Waals surface area (Å²) in [5, 5.41) is 1.01. The van der Waals surface area contributed by atoms with Gasteiger partial charge < -0.3 is 18.9 Å². The predicted octanol–water partition coefficient (Wildman–Crippen LogP) is 1.64. The molecule has 2 aliphatic heterocycles. The van der Waals surface area contributed by atoms with E-state index in [-0.39, 0.29) is 6.42 Å². The first kappa shape index (κ1) is 23.1. The van der Waals surface area contributed by atoms with Crippen LogP contribution in [0.5, 0.6) is 0 Å². The number of carbonyl (C=O) groups is 3. The third-order valence-corrected chi connectivity index (χ3v) is 5.16. The van der Waals surface area contributed by atoms with Crippen LogP contribution < -0.4 is 0 Å². The van der Waals surface area contributed by atoms with Crippen molar-refractivity contribution in [3.8, 4) is 0 Å². The molecule has 0 N–H and O–H groups in total. The standard InChI is InChI=1S/C21H27NO9/c1-4-5-11-28-15-12-14(29-19(23)13-9-7-6-8-10-13)17-16(20(24)26-2)18(21(25)27-3)31-22(17)30-15/h6-10,14-18H,4-5,11-12H2,1-3H3/t14-,15-,16-,17-,18+/m1/s1. The average Bonchev–Trinajstić information content (AvgIpc) is 3.18. The van der Waals surface area contributed by atoms with Crippen LogP contribution in [0, 0.1) is 5.92 Å². The highest BCUT2D eigenvalue weighted by molar-refractivity contribution is 5.89. The number of nitrogens with zero attached hydrogens (tertiary/aromatic N) is 1. The van der Waals surface area contributed by atoms with E-state index < -0.39 is 48.4 Å². The molecular weight excluding hydrogens is 410 g/mol. The van der Waals surface area contributed by atoms with Crippen LogP contribution in [0.1, 0.15) is 36.5 Å². The van der Waals surface area contributed by atoms with Gasteiger partial charge in [0.1, 0.15) is 18.1 Å². The van der Waals surface area contributed by atoms with Gasteiger partial charge in [0.15, 0.2) is 12.4 Å². The van der Waals surface area contributed by atoms with Gasteiger partial charge in [-0.3, -0.25) is 9.63 Å². The highest BCUT2D eigenvalue weighted by Gasteiger charge is 2.60. The molecule has 1 aromatic rings. The quantitative estimate of drug-likeness (QED) is 0.338. The SMILES string of the molecule is CCCCO[C@H]1C[C@@H](OC(=O)c2ccccc2)[C@@H]2[C@@H](C(=O)OC)[C@@H](C(=O)OC)ON2O1. The van der Waals surface area contributed by atoms with Crippen LogP contribution in [0.2, 0.25) is 0 Å². The Morgan fingerprint density at radius 3 is 2.42 bits per heavy atom. The molecule has 2 saturated heterocycles. The lowest BCUT2D eigenvalue weighted by molar-refractivity contribution is -0.443. The fourth-order valence-corrected chi connectivity index (χ4v) is 3.57. The molecule has 0 bridgehead atoms. The monoisotopic (exact) mass is 437 g/mol. The van der Waals surface area contributed by atoms with Crippen molar-refractivity contribution < 1.29 is 43.0 Å². The molecule has 2 fully saturated rings. The molecule has 0 unspecified atom stereocenters. The topological polar surface area (TPSA) is 110 Å². The van der Waals surface area contributed by atoms with Gasteiger partial charge in [0.05, 0.1) is 19.8 Å². The maximum atomic E-state index is 12.7. The number of hydrogen-bond acceptors (Lipinski definition) is 10. The van der Waals surface area contributed by atoms with Crippen molar-refractivity contribution in [2.24, 2.45) is 5.92 Å². The summed E-state index contributed by atoms with van der Waals surface area (Å²) >= 11 is 0. The second-order valence-corrected chi connectivity index (χ2v) is 7.18. The molecule has 2 heterocycles. The normalized spacial score (nSPS) is 27.9. The zero-order valence-electron chi connectivity index (χ0n) is 17.7. The molecule has 5 atom stereocenters. The summed E-state index contributed by atoms with van der Waals surface area (Å²) in [4.78, 5) is 48.8. The van der Waals surface area contributed by atoms with E-state index in [0.29, 0.717) is 12.2 Å². The van der Waals surface area contributed by atoms with Gasteiger partial charge in [0.25, 0.3) is 0 Å². The van der Waals surface area contributed by atoms with Crippen molar-refractivity contribution >= 4 is 17.9 Å². The second-order valence-electron chi connectivity index (χ2n) is 7.18. The van der Waals surface area contributed by atoms with Crippen molar-refractivity contribution in [2.75, 3.05) is 20.8 Å². The van der Waals surface area contributed by atoms with E-state index in [1.807, 2.05) is 6.92 Å². The van der Waals surface area contributed by atoms with E-state index in [1.165, 1.54) is 14.2 Å². The minimum absolute atomic E-state index is 0.147. The zero-order valence-corrected chi connectivity index (χ0v) is 17.7. The van der Waals surface area contributed by atoms with E-state index in [0.717, 1.165) is 18.1 Å². The fourth-order valence-electron chi connectivity index (χ4n) is 3.57. The highest BCUT2D eigenvalue weighted by Crippen LogP contribution is 2.39. The largest absolute Gasteiger partial charge is 0.469 e. The van der Waals surface area contributed by atoms with Gasteiger partial charge in [-0.2, -0.15) is 0 Å². The Bertz CT molecular complexity index is 771.